The summed E-state index contributed by atoms with van der Waals surface area (Å²) in [5.74, 6) is -0.407. The summed E-state index contributed by atoms with van der Waals surface area (Å²) in [6, 6.07) is 0. The molecule has 0 radical (unpaired) electrons. The van der Waals surface area contributed by atoms with E-state index in [2.05, 4.69) is 23.4 Å². The molecule has 0 heterocycles. The Bertz CT molecular complexity index is 119. The van der Waals surface area contributed by atoms with Crippen LogP contribution in [0.25, 0.3) is 0 Å². The van der Waals surface area contributed by atoms with Crippen molar-refractivity contribution < 1.29 is 4.79 Å². The van der Waals surface area contributed by atoms with Crippen molar-refractivity contribution in [1.29, 1.82) is 0 Å². The zero-order valence-electron chi connectivity index (χ0n) is 3.97. The highest BCUT2D eigenvalue weighted by Gasteiger charge is 1.93. The summed E-state index contributed by atoms with van der Waals surface area (Å²) in [6.45, 7) is 4.88. The zero-order chi connectivity index (χ0) is 5.86. The normalized spacial score (nSPS) is 7.57. The molecule has 0 unspecified atom stereocenters. The maximum Gasteiger partial charge on any atom is 0.283 e. The van der Waals surface area contributed by atoms with E-state index in [1.807, 2.05) is 0 Å². The number of nitrogens with zero attached hydrogens (tertiary/aromatic N) is 1. The van der Waals surface area contributed by atoms with Gasteiger partial charge in [-0.15, -0.1) is 4.36 Å². The van der Waals surface area contributed by atoms with E-state index in [9.17, 15) is 4.79 Å². The number of hydrogen-bond acceptors (Lipinski definition) is 2. The van der Waals surface area contributed by atoms with Crippen molar-refractivity contribution >= 4 is 18.3 Å². The van der Waals surface area contributed by atoms with Gasteiger partial charge in [0.15, 0.2) is 0 Å². The molecule has 3 heteroatoms. The van der Waals surface area contributed by atoms with Gasteiger partial charge in [0.25, 0.3) is 5.91 Å². The third-order valence-corrected chi connectivity index (χ3v) is 0.614. The summed E-state index contributed by atoms with van der Waals surface area (Å²) >= 11 is 4.07. The minimum absolute atomic E-state index is 0.384. The molecule has 0 atom stereocenters. The van der Waals surface area contributed by atoms with Crippen LogP contribution in [-0.4, -0.2) is 5.91 Å². The zero-order valence-corrected chi connectivity index (χ0v) is 4.79. The quantitative estimate of drug-likeness (QED) is 0.473. The first kappa shape index (κ1) is 6.43. The van der Waals surface area contributed by atoms with Gasteiger partial charge in [0.05, 0.1) is 0 Å². The molecule has 7 heavy (non-hydrogen) atoms. The molecular formula is C4H5NOS. The number of carbonyl (C=O) groups excluding carboxylic acids is 1. The molecular weight excluding hydrogens is 110 g/mol. The van der Waals surface area contributed by atoms with E-state index in [-0.39, 0.29) is 0 Å². The number of carbonyl (C=O) groups is 1. The molecule has 1 amide bonds. The molecule has 0 bridgehead atoms. The molecule has 0 spiro atoms. The molecule has 0 saturated carbocycles. The second-order valence-electron chi connectivity index (χ2n) is 1.18. The van der Waals surface area contributed by atoms with Crippen molar-refractivity contribution in [2.75, 3.05) is 0 Å². The largest absolute Gasteiger partial charge is 0.283 e. The number of amides is 1. The third kappa shape index (κ3) is 2.17. The standard InChI is InChI=1S/C4H5NOS/c1-3(2)4(6)5-7/h1H2,2H3. The lowest BCUT2D eigenvalue weighted by atomic mass is 10.3. The Kier molecular flexibility index (Phi) is 2.37. The van der Waals surface area contributed by atoms with E-state index in [4.69, 9.17) is 0 Å². The minimum Gasteiger partial charge on any atom is -0.266 e. The van der Waals surface area contributed by atoms with Crippen LogP contribution in [0.2, 0.25) is 0 Å². The number of rotatable bonds is 1. The minimum atomic E-state index is -0.407. The first-order valence-corrected chi connectivity index (χ1v) is 2.08. The fourth-order valence-corrected chi connectivity index (χ4v) is 0.234. The Labute approximate surface area is 47.4 Å². The molecule has 0 fully saturated rings. The highest BCUT2D eigenvalue weighted by molar-refractivity contribution is 7.47. The van der Waals surface area contributed by atoms with Gasteiger partial charge in [-0.25, -0.2) is 0 Å². The van der Waals surface area contributed by atoms with Crippen molar-refractivity contribution in [2.24, 2.45) is 4.36 Å². The molecule has 2 nitrogen and oxygen atoms in total. The van der Waals surface area contributed by atoms with Gasteiger partial charge in [0.1, 0.15) is 0 Å². The second kappa shape index (κ2) is 2.58. The molecule has 0 aromatic rings. The molecule has 0 aromatic carbocycles. The van der Waals surface area contributed by atoms with Gasteiger partial charge in [0.2, 0.25) is 0 Å². The van der Waals surface area contributed by atoms with E-state index in [0.29, 0.717) is 5.57 Å². The van der Waals surface area contributed by atoms with Gasteiger partial charge >= 0.3 is 0 Å². The van der Waals surface area contributed by atoms with Crippen molar-refractivity contribution in [3.8, 4) is 0 Å². The van der Waals surface area contributed by atoms with E-state index in [0.717, 1.165) is 0 Å². The Morgan fingerprint density at radius 1 is 1.86 bits per heavy atom. The maximum atomic E-state index is 10.1. The highest BCUT2D eigenvalue weighted by Crippen LogP contribution is 1.87. The Morgan fingerprint density at radius 2 is 2.29 bits per heavy atom. The van der Waals surface area contributed by atoms with Gasteiger partial charge in [-0.3, -0.25) is 4.79 Å². The monoisotopic (exact) mass is 115 g/mol. The maximum absolute atomic E-state index is 10.1. The van der Waals surface area contributed by atoms with E-state index in [1.165, 1.54) is 0 Å². The Hall–Kier alpha value is -0.570. The molecule has 0 aliphatic heterocycles. The topological polar surface area (TPSA) is 29.4 Å². The molecule has 0 aromatic heterocycles. The smallest absolute Gasteiger partial charge is 0.266 e. The summed E-state index contributed by atoms with van der Waals surface area (Å²) in [6.07, 6.45) is 0. The van der Waals surface area contributed by atoms with Crippen LogP contribution >= 0.6 is 0 Å². The molecule has 0 aliphatic carbocycles. The van der Waals surface area contributed by atoms with Gasteiger partial charge in [0, 0.05) is 18.0 Å². The summed E-state index contributed by atoms with van der Waals surface area (Å²) in [5.41, 5.74) is 0.384. The third-order valence-electron chi connectivity index (χ3n) is 0.448. The molecule has 0 aliphatic rings. The van der Waals surface area contributed by atoms with Crippen LogP contribution in [0, 0.1) is 0 Å². The lowest BCUT2D eigenvalue weighted by molar-refractivity contribution is -0.114. The van der Waals surface area contributed by atoms with Crippen LogP contribution in [0.3, 0.4) is 0 Å². The van der Waals surface area contributed by atoms with E-state index in [1.54, 1.807) is 6.92 Å². The summed E-state index contributed by atoms with van der Waals surface area (Å²) in [7, 11) is 0. The average molecular weight is 115 g/mol. The van der Waals surface area contributed by atoms with Crippen molar-refractivity contribution in [3.05, 3.63) is 12.2 Å². The van der Waals surface area contributed by atoms with Crippen molar-refractivity contribution in [2.45, 2.75) is 6.92 Å². The van der Waals surface area contributed by atoms with Crippen molar-refractivity contribution in [1.82, 2.24) is 0 Å². The van der Waals surface area contributed by atoms with Crippen LogP contribution in [-0.2, 0) is 17.2 Å². The Morgan fingerprint density at radius 3 is 2.29 bits per heavy atom. The molecule has 0 rings (SSSR count). The van der Waals surface area contributed by atoms with Gasteiger partial charge in [-0.2, -0.15) is 0 Å². The lowest BCUT2D eigenvalue weighted by Gasteiger charge is -1.80. The summed E-state index contributed by atoms with van der Waals surface area (Å²) in [4.78, 5) is 10.1. The van der Waals surface area contributed by atoms with Gasteiger partial charge < -0.3 is 0 Å². The Balaban J connectivity index is 3.81. The fourth-order valence-electron chi connectivity index (χ4n) is 0.0779. The fraction of sp³-hybridized carbons (Fsp3) is 0.250. The number of hydrogen-bond donors (Lipinski definition) is 0. The predicted octanol–water partition coefficient (Wildman–Crippen LogP) is 0.820. The van der Waals surface area contributed by atoms with Crippen molar-refractivity contribution in [3.63, 3.8) is 0 Å². The van der Waals surface area contributed by atoms with Crippen LogP contribution in [0.4, 0.5) is 0 Å². The average Bonchev–Trinajstić information content (AvgIpc) is 1.65. The summed E-state index contributed by atoms with van der Waals surface area (Å²) < 4.78 is 2.93. The predicted molar refractivity (Wildman–Crippen MR) is 29.6 cm³/mol. The first-order valence-electron chi connectivity index (χ1n) is 1.71. The van der Waals surface area contributed by atoms with Gasteiger partial charge in [-0.1, -0.05) is 6.58 Å². The molecule has 0 N–H and O–H groups in total. The second-order valence-corrected chi connectivity index (χ2v) is 1.36. The molecule has 38 valence electrons. The summed E-state index contributed by atoms with van der Waals surface area (Å²) in [5, 5.41) is 0. The van der Waals surface area contributed by atoms with Crippen LogP contribution < -0.4 is 0 Å². The SMILES string of the molecule is C=C(C)C(=O)N=S. The van der Waals surface area contributed by atoms with E-state index >= 15 is 0 Å². The first-order chi connectivity index (χ1) is 3.18. The highest BCUT2D eigenvalue weighted by atomic mass is 32.1. The lowest BCUT2D eigenvalue weighted by Crippen LogP contribution is -1.89. The van der Waals surface area contributed by atoms with E-state index < -0.39 is 5.91 Å². The van der Waals surface area contributed by atoms with Crippen LogP contribution in [0.1, 0.15) is 6.92 Å². The van der Waals surface area contributed by atoms with Crippen LogP contribution in [0.15, 0.2) is 16.5 Å². The molecule has 0 saturated heterocycles. The van der Waals surface area contributed by atoms with Crippen LogP contribution in [0.5, 0.6) is 0 Å². The van der Waals surface area contributed by atoms with Gasteiger partial charge in [-0.05, 0) is 6.92 Å².